The number of para-hydroxylation sites is 1. The van der Waals surface area contributed by atoms with E-state index in [1.807, 2.05) is 6.07 Å². The van der Waals surface area contributed by atoms with Crippen molar-refractivity contribution < 1.29 is 17.9 Å². The maximum Gasteiger partial charge on any atom is 0.261 e. The van der Waals surface area contributed by atoms with Crippen LogP contribution in [0.4, 0.5) is 11.4 Å². The topological polar surface area (TPSA) is 108 Å². The number of methoxy groups -OCH3 is 1. The number of hydrogen-bond acceptors (Lipinski definition) is 5. The third kappa shape index (κ3) is 4.72. The Bertz CT molecular complexity index is 1180. The monoisotopic (exact) mass is 407 g/mol. The molecule has 0 aliphatic carbocycles. The predicted octanol–water partition coefficient (Wildman–Crippen LogP) is 3.62. The second-order valence-corrected chi connectivity index (χ2v) is 7.66. The lowest BCUT2D eigenvalue weighted by Gasteiger charge is -2.13. The minimum atomic E-state index is -3.98. The summed E-state index contributed by atoms with van der Waals surface area (Å²) >= 11 is 0. The molecule has 2 N–H and O–H groups in total. The molecular weight excluding hydrogens is 390 g/mol. The summed E-state index contributed by atoms with van der Waals surface area (Å²) in [5.41, 5.74) is 1.04. The van der Waals surface area contributed by atoms with Crippen molar-refractivity contribution in [2.45, 2.75) is 4.90 Å². The van der Waals surface area contributed by atoms with E-state index in [4.69, 9.17) is 10.00 Å². The second kappa shape index (κ2) is 8.46. The fourth-order valence-corrected chi connectivity index (χ4v) is 3.70. The third-order valence-corrected chi connectivity index (χ3v) is 5.40. The summed E-state index contributed by atoms with van der Waals surface area (Å²) in [7, 11) is -2.44. The van der Waals surface area contributed by atoms with Gasteiger partial charge in [0.1, 0.15) is 5.75 Å². The van der Waals surface area contributed by atoms with Crippen molar-refractivity contribution in [3.05, 3.63) is 83.9 Å². The van der Waals surface area contributed by atoms with E-state index in [9.17, 15) is 13.2 Å². The van der Waals surface area contributed by atoms with Crippen molar-refractivity contribution in [3.63, 3.8) is 0 Å². The number of nitrogens with zero attached hydrogens (tertiary/aromatic N) is 1. The molecule has 0 atom stereocenters. The Morgan fingerprint density at radius 1 is 1.00 bits per heavy atom. The van der Waals surface area contributed by atoms with E-state index in [1.165, 1.54) is 36.4 Å². The third-order valence-electron chi connectivity index (χ3n) is 4.04. The summed E-state index contributed by atoms with van der Waals surface area (Å²) in [4.78, 5) is 12.6. The zero-order valence-corrected chi connectivity index (χ0v) is 16.2. The first-order valence-corrected chi connectivity index (χ1v) is 9.98. The molecule has 0 saturated heterocycles. The van der Waals surface area contributed by atoms with Crippen LogP contribution in [-0.2, 0) is 10.0 Å². The summed E-state index contributed by atoms with van der Waals surface area (Å²) in [6.45, 7) is 0. The Morgan fingerprint density at radius 2 is 1.72 bits per heavy atom. The first kappa shape index (κ1) is 19.9. The molecule has 3 aromatic carbocycles. The van der Waals surface area contributed by atoms with Gasteiger partial charge in [-0.25, -0.2) is 8.42 Å². The lowest BCUT2D eigenvalue weighted by atomic mass is 10.1. The van der Waals surface area contributed by atoms with Gasteiger partial charge in [0.05, 0.1) is 34.9 Å². The summed E-state index contributed by atoms with van der Waals surface area (Å²) in [6.07, 6.45) is 0. The van der Waals surface area contributed by atoms with Gasteiger partial charge >= 0.3 is 0 Å². The molecule has 0 saturated carbocycles. The molecule has 1 amide bonds. The van der Waals surface area contributed by atoms with E-state index < -0.39 is 15.9 Å². The average Bonchev–Trinajstić information content (AvgIpc) is 2.74. The lowest BCUT2D eigenvalue weighted by Crippen LogP contribution is -2.18. The summed E-state index contributed by atoms with van der Waals surface area (Å²) in [6, 6.07) is 20.6. The summed E-state index contributed by atoms with van der Waals surface area (Å²) in [5.74, 6) is 0.176. The van der Waals surface area contributed by atoms with Gasteiger partial charge in [-0.05, 0) is 54.6 Å². The van der Waals surface area contributed by atoms with Gasteiger partial charge in [0.15, 0.2) is 0 Å². The SMILES string of the molecule is COc1ccc(NC(=O)c2ccccc2NS(=O)(=O)c2cccc(C#N)c2)cc1. The number of rotatable bonds is 6. The fourth-order valence-electron chi connectivity index (χ4n) is 2.58. The number of nitriles is 1. The average molecular weight is 407 g/mol. The molecule has 29 heavy (non-hydrogen) atoms. The van der Waals surface area contributed by atoms with Crippen LogP contribution < -0.4 is 14.8 Å². The Morgan fingerprint density at radius 3 is 2.41 bits per heavy atom. The van der Waals surface area contributed by atoms with Crippen molar-refractivity contribution in [1.29, 1.82) is 5.26 Å². The van der Waals surface area contributed by atoms with Crippen LogP contribution in [0.2, 0.25) is 0 Å². The Balaban J connectivity index is 1.86. The first-order chi connectivity index (χ1) is 13.9. The molecule has 0 spiro atoms. The maximum atomic E-state index is 12.7. The first-order valence-electron chi connectivity index (χ1n) is 8.50. The van der Waals surface area contributed by atoms with Crippen LogP contribution in [-0.4, -0.2) is 21.4 Å². The predicted molar refractivity (Wildman–Crippen MR) is 109 cm³/mol. The summed E-state index contributed by atoms with van der Waals surface area (Å²) in [5, 5.41) is 11.7. The van der Waals surface area contributed by atoms with Gasteiger partial charge in [-0.15, -0.1) is 0 Å². The molecule has 0 aromatic heterocycles. The van der Waals surface area contributed by atoms with Crippen molar-refractivity contribution in [1.82, 2.24) is 0 Å². The van der Waals surface area contributed by atoms with E-state index >= 15 is 0 Å². The van der Waals surface area contributed by atoms with Crippen LogP contribution in [0.1, 0.15) is 15.9 Å². The zero-order valence-electron chi connectivity index (χ0n) is 15.4. The normalized spacial score (nSPS) is 10.6. The van der Waals surface area contributed by atoms with Crippen molar-refractivity contribution >= 4 is 27.3 Å². The van der Waals surface area contributed by atoms with Crippen LogP contribution in [0, 0.1) is 11.3 Å². The number of anilines is 2. The number of ether oxygens (including phenoxy) is 1. The molecular formula is C21H17N3O4S. The molecule has 0 aliphatic rings. The van der Waals surface area contributed by atoms with Crippen molar-refractivity contribution in [3.8, 4) is 11.8 Å². The van der Waals surface area contributed by atoms with Gasteiger partial charge in [0.25, 0.3) is 15.9 Å². The van der Waals surface area contributed by atoms with E-state index in [-0.39, 0.29) is 21.7 Å². The van der Waals surface area contributed by atoms with Gasteiger partial charge < -0.3 is 10.1 Å². The molecule has 0 aliphatic heterocycles. The van der Waals surface area contributed by atoms with Crippen LogP contribution in [0.5, 0.6) is 5.75 Å². The second-order valence-electron chi connectivity index (χ2n) is 5.97. The fraction of sp³-hybridized carbons (Fsp3) is 0.0476. The number of carbonyl (C=O) groups excluding carboxylic acids is 1. The smallest absolute Gasteiger partial charge is 0.261 e. The standard InChI is InChI=1S/C21H17N3O4S/c1-28-17-11-9-16(10-12-17)23-21(25)19-7-2-3-8-20(19)24-29(26,27)18-6-4-5-15(13-18)14-22/h2-13,24H,1H3,(H,23,25). The van der Waals surface area contributed by atoms with Crippen LogP contribution in [0.25, 0.3) is 0 Å². The number of amides is 1. The van der Waals surface area contributed by atoms with Gasteiger partial charge in [0, 0.05) is 5.69 Å². The molecule has 3 rings (SSSR count). The highest BCUT2D eigenvalue weighted by Crippen LogP contribution is 2.22. The number of nitrogens with one attached hydrogen (secondary N) is 2. The molecule has 0 unspecified atom stereocenters. The maximum absolute atomic E-state index is 12.7. The zero-order chi connectivity index (χ0) is 20.9. The highest BCUT2D eigenvalue weighted by atomic mass is 32.2. The Labute approximate surface area is 168 Å². The number of sulfonamides is 1. The van der Waals surface area contributed by atoms with Gasteiger partial charge in [-0.2, -0.15) is 5.26 Å². The largest absolute Gasteiger partial charge is 0.497 e. The summed E-state index contributed by atoms with van der Waals surface area (Å²) < 4.78 is 32.9. The number of hydrogen-bond donors (Lipinski definition) is 2. The van der Waals surface area contributed by atoms with Gasteiger partial charge in [0.2, 0.25) is 0 Å². The highest BCUT2D eigenvalue weighted by Gasteiger charge is 2.19. The van der Waals surface area contributed by atoms with E-state index in [2.05, 4.69) is 10.0 Å². The quantitative estimate of drug-likeness (QED) is 0.649. The van der Waals surface area contributed by atoms with E-state index in [0.29, 0.717) is 11.4 Å². The van der Waals surface area contributed by atoms with Gasteiger partial charge in [-0.1, -0.05) is 18.2 Å². The molecule has 7 nitrogen and oxygen atoms in total. The van der Waals surface area contributed by atoms with Crippen molar-refractivity contribution in [2.24, 2.45) is 0 Å². The van der Waals surface area contributed by atoms with Gasteiger partial charge in [-0.3, -0.25) is 9.52 Å². The van der Waals surface area contributed by atoms with Crippen LogP contribution >= 0.6 is 0 Å². The van der Waals surface area contributed by atoms with E-state index in [0.717, 1.165) is 0 Å². The molecule has 0 fully saturated rings. The molecule has 8 heteroatoms. The van der Waals surface area contributed by atoms with Crippen molar-refractivity contribution in [2.75, 3.05) is 17.1 Å². The van der Waals surface area contributed by atoms with Crippen LogP contribution in [0.3, 0.4) is 0 Å². The molecule has 0 bridgehead atoms. The molecule has 3 aromatic rings. The lowest BCUT2D eigenvalue weighted by molar-refractivity contribution is 0.102. The minimum Gasteiger partial charge on any atom is -0.497 e. The number of carbonyl (C=O) groups is 1. The highest BCUT2D eigenvalue weighted by molar-refractivity contribution is 7.92. The molecule has 0 radical (unpaired) electrons. The molecule has 0 heterocycles. The van der Waals surface area contributed by atoms with E-state index in [1.54, 1.807) is 43.5 Å². The Kier molecular flexibility index (Phi) is 5.81. The Hall–Kier alpha value is -3.83. The minimum absolute atomic E-state index is 0.0677. The van der Waals surface area contributed by atoms with Crippen LogP contribution in [0.15, 0.2) is 77.7 Å². The number of benzene rings is 3. The molecule has 146 valence electrons.